The number of pyridine rings is 1. The van der Waals surface area contributed by atoms with E-state index in [0.29, 0.717) is 19.7 Å². The molecule has 2 fully saturated rings. The van der Waals surface area contributed by atoms with E-state index in [1.54, 1.807) is 38.4 Å². The molecule has 176 valence electrons. The van der Waals surface area contributed by atoms with E-state index in [-0.39, 0.29) is 5.69 Å². The average molecular weight is 464 g/mol. The molecule has 2 aliphatic heterocycles. The van der Waals surface area contributed by atoms with Crippen molar-refractivity contribution >= 4 is 17.6 Å². The van der Waals surface area contributed by atoms with Gasteiger partial charge in [-0.15, -0.1) is 13.2 Å². The lowest BCUT2D eigenvalue weighted by molar-refractivity contribution is -0.274. The number of halogens is 3. The lowest BCUT2D eigenvalue weighted by Gasteiger charge is -2.41. The van der Waals surface area contributed by atoms with Gasteiger partial charge in [-0.1, -0.05) is 0 Å². The van der Waals surface area contributed by atoms with Gasteiger partial charge in [0, 0.05) is 25.5 Å². The number of benzene rings is 1. The molecule has 0 radical (unpaired) electrons. The summed E-state index contributed by atoms with van der Waals surface area (Å²) < 4.78 is 47.3. The Labute approximate surface area is 188 Å². The number of carbonyl (C=O) groups is 2. The highest BCUT2D eigenvalue weighted by Crippen LogP contribution is 2.41. The molecule has 33 heavy (non-hydrogen) atoms. The summed E-state index contributed by atoms with van der Waals surface area (Å²) >= 11 is 0. The minimum Gasteiger partial charge on any atom is -0.406 e. The van der Waals surface area contributed by atoms with Crippen LogP contribution in [0.1, 0.15) is 25.5 Å². The monoisotopic (exact) mass is 464 g/mol. The van der Waals surface area contributed by atoms with E-state index < -0.39 is 41.7 Å². The molecule has 2 aliphatic rings. The summed E-state index contributed by atoms with van der Waals surface area (Å²) in [5.41, 5.74) is -0.345. The van der Waals surface area contributed by atoms with E-state index in [0.717, 1.165) is 22.6 Å². The Bertz CT molecular complexity index is 1010. The lowest BCUT2D eigenvalue weighted by Crippen LogP contribution is -2.53. The Hall–Kier alpha value is -3.18. The third-order valence-electron chi connectivity index (χ3n) is 5.69. The molecular weight excluding hydrogens is 441 g/mol. The van der Waals surface area contributed by atoms with Gasteiger partial charge in [-0.2, -0.15) is 0 Å². The quantitative estimate of drug-likeness (QED) is 0.684. The van der Waals surface area contributed by atoms with Crippen LogP contribution >= 0.6 is 0 Å². The smallest absolute Gasteiger partial charge is 0.406 e. The van der Waals surface area contributed by atoms with Crippen LogP contribution in [0.25, 0.3) is 0 Å². The summed E-state index contributed by atoms with van der Waals surface area (Å²) in [7, 11) is 0. The van der Waals surface area contributed by atoms with Gasteiger partial charge in [0.1, 0.15) is 11.3 Å². The number of anilines is 1. The SMILES string of the molecule is CC1(C)C(=O)N(c2ccc(OC(F)(F)F)cc2)C(=O)N1C(c1ccncc1)C1CNCCO1. The number of rotatable bonds is 5. The van der Waals surface area contributed by atoms with E-state index in [2.05, 4.69) is 15.0 Å². The number of hydrogen-bond acceptors (Lipinski definition) is 6. The zero-order chi connectivity index (χ0) is 23.8. The molecule has 3 amide bonds. The summed E-state index contributed by atoms with van der Waals surface area (Å²) in [6.07, 6.45) is -2.05. The summed E-state index contributed by atoms with van der Waals surface area (Å²) in [4.78, 5) is 33.5. The molecule has 4 rings (SSSR count). The maximum Gasteiger partial charge on any atom is 0.573 e. The Morgan fingerprint density at radius 2 is 1.82 bits per heavy atom. The van der Waals surface area contributed by atoms with Crippen LogP contribution in [0.3, 0.4) is 0 Å². The van der Waals surface area contributed by atoms with E-state index in [9.17, 15) is 22.8 Å². The Kier molecular flexibility index (Phi) is 6.02. The van der Waals surface area contributed by atoms with Gasteiger partial charge in [-0.3, -0.25) is 9.78 Å². The number of hydrogen-bond donors (Lipinski definition) is 1. The second-order valence-corrected chi connectivity index (χ2v) is 8.23. The van der Waals surface area contributed by atoms with Crippen LogP contribution in [0.2, 0.25) is 0 Å². The molecule has 3 heterocycles. The number of carbonyl (C=O) groups excluding carboxylic acids is 2. The number of urea groups is 1. The van der Waals surface area contributed by atoms with E-state index >= 15 is 0 Å². The van der Waals surface area contributed by atoms with Gasteiger partial charge in [-0.25, -0.2) is 9.69 Å². The fraction of sp³-hybridized carbons (Fsp3) is 0.409. The number of amides is 3. The minimum absolute atomic E-state index is 0.145. The summed E-state index contributed by atoms with van der Waals surface area (Å²) in [5, 5.41) is 3.25. The normalized spacial score (nSPS) is 21.9. The van der Waals surface area contributed by atoms with Crippen molar-refractivity contribution in [2.24, 2.45) is 0 Å². The molecule has 2 atom stereocenters. The zero-order valence-corrected chi connectivity index (χ0v) is 18.0. The standard InChI is InChI=1S/C22H23F3N4O4/c1-21(2)19(30)28(15-3-5-16(6-4-15)33-22(23,24)25)20(31)29(21)18(14-7-9-26-10-8-14)17-13-27-11-12-32-17/h3-10,17-18,27H,11-13H2,1-2H3. The molecule has 0 aliphatic carbocycles. The lowest BCUT2D eigenvalue weighted by atomic mass is 9.94. The highest BCUT2D eigenvalue weighted by Gasteiger charge is 2.56. The second-order valence-electron chi connectivity index (χ2n) is 8.23. The molecule has 2 saturated heterocycles. The molecular formula is C22H23F3N4O4. The maximum absolute atomic E-state index is 13.6. The first-order valence-electron chi connectivity index (χ1n) is 10.4. The number of imide groups is 1. The van der Waals surface area contributed by atoms with Crippen molar-refractivity contribution in [3.8, 4) is 5.75 Å². The van der Waals surface area contributed by atoms with Crippen molar-refractivity contribution in [3.63, 3.8) is 0 Å². The number of ether oxygens (including phenoxy) is 2. The topological polar surface area (TPSA) is 84.0 Å². The van der Waals surface area contributed by atoms with Crippen molar-refractivity contribution in [2.45, 2.75) is 37.9 Å². The Morgan fingerprint density at radius 1 is 1.15 bits per heavy atom. The van der Waals surface area contributed by atoms with E-state index in [1.807, 2.05) is 0 Å². The first-order chi connectivity index (χ1) is 15.6. The molecule has 0 bridgehead atoms. The van der Waals surface area contributed by atoms with Crippen LogP contribution in [0.5, 0.6) is 5.75 Å². The fourth-order valence-corrected chi connectivity index (χ4v) is 4.18. The first-order valence-corrected chi connectivity index (χ1v) is 10.4. The number of nitrogens with one attached hydrogen (secondary N) is 1. The summed E-state index contributed by atoms with van der Waals surface area (Å²) in [6, 6.07) is 6.97. The maximum atomic E-state index is 13.6. The van der Waals surface area contributed by atoms with Gasteiger partial charge in [0.05, 0.1) is 24.4 Å². The largest absolute Gasteiger partial charge is 0.573 e. The molecule has 0 saturated carbocycles. The predicted octanol–water partition coefficient (Wildman–Crippen LogP) is 3.26. The average Bonchev–Trinajstić information content (AvgIpc) is 2.95. The number of aromatic nitrogens is 1. The second kappa shape index (κ2) is 8.64. The summed E-state index contributed by atoms with van der Waals surface area (Å²) in [6.45, 7) is 4.88. The molecule has 0 spiro atoms. The van der Waals surface area contributed by atoms with Gasteiger partial charge in [0.25, 0.3) is 5.91 Å². The van der Waals surface area contributed by atoms with Crippen molar-refractivity contribution in [1.82, 2.24) is 15.2 Å². The highest BCUT2D eigenvalue weighted by molar-refractivity contribution is 6.23. The Balaban J connectivity index is 1.70. The molecule has 2 aromatic rings. The predicted molar refractivity (Wildman–Crippen MR) is 112 cm³/mol. The van der Waals surface area contributed by atoms with Crippen LogP contribution in [0.15, 0.2) is 48.8 Å². The molecule has 11 heteroatoms. The number of morpholine rings is 1. The van der Waals surface area contributed by atoms with E-state index in [1.165, 1.54) is 17.0 Å². The van der Waals surface area contributed by atoms with Gasteiger partial charge in [0.15, 0.2) is 0 Å². The molecule has 8 nitrogen and oxygen atoms in total. The number of nitrogens with zero attached hydrogens (tertiary/aromatic N) is 3. The van der Waals surface area contributed by atoms with Crippen LogP contribution in [-0.4, -0.2) is 59.5 Å². The zero-order valence-electron chi connectivity index (χ0n) is 18.0. The van der Waals surface area contributed by atoms with Gasteiger partial charge >= 0.3 is 12.4 Å². The van der Waals surface area contributed by atoms with Crippen molar-refractivity contribution in [2.75, 3.05) is 24.6 Å². The van der Waals surface area contributed by atoms with Gasteiger partial charge < -0.3 is 19.7 Å². The Morgan fingerprint density at radius 3 is 2.39 bits per heavy atom. The van der Waals surface area contributed by atoms with E-state index in [4.69, 9.17) is 4.74 Å². The van der Waals surface area contributed by atoms with Crippen LogP contribution in [-0.2, 0) is 9.53 Å². The van der Waals surface area contributed by atoms with Gasteiger partial charge in [-0.05, 0) is 55.8 Å². The fourth-order valence-electron chi connectivity index (χ4n) is 4.18. The minimum atomic E-state index is -4.84. The van der Waals surface area contributed by atoms with Crippen molar-refractivity contribution in [1.29, 1.82) is 0 Å². The van der Waals surface area contributed by atoms with Crippen molar-refractivity contribution in [3.05, 3.63) is 54.4 Å². The highest BCUT2D eigenvalue weighted by atomic mass is 19.4. The van der Waals surface area contributed by atoms with Crippen LogP contribution < -0.4 is 15.0 Å². The molecule has 1 aromatic carbocycles. The van der Waals surface area contributed by atoms with Crippen LogP contribution in [0.4, 0.5) is 23.7 Å². The van der Waals surface area contributed by atoms with Crippen LogP contribution in [0, 0.1) is 0 Å². The number of alkyl halides is 3. The third kappa shape index (κ3) is 4.51. The molecule has 1 N–H and O–H groups in total. The first kappa shape index (κ1) is 23.0. The molecule has 1 aromatic heterocycles. The van der Waals surface area contributed by atoms with Crippen molar-refractivity contribution < 1.29 is 32.2 Å². The van der Waals surface area contributed by atoms with Gasteiger partial charge in [0.2, 0.25) is 0 Å². The third-order valence-corrected chi connectivity index (χ3v) is 5.69. The summed E-state index contributed by atoms with van der Waals surface area (Å²) in [5.74, 6) is -0.947. The molecule has 2 unspecified atom stereocenters.